The molecule has 34 heavy (non-hydrogen) atoms. The molecule has 7 nitrogen and oxygen atoms in total. The molecule has 1 fully saturated rings. The standard InChI is InChI=1S/C27H27N3O4/c1-17-3-11-21(12-4-17)30-24(31)16-15-23(25(30)18-7-13-22(34-2)14-8-18)27(33)29-20-9-5-19(6-10-20)26(28)32/h3-14,23,25H,15-16H2,1-2H3,(H2,28,32)(H,29,33)/t23-,25-/m0/s1. The number of aryl methyl sites for hydroxylation is 1. The Morgan fingerprint density at radius 1 is 0.971 bits per heavy atom. The van der Waals surface area contributed by atoms with Crippen molar-refractivity contribution in [3.8, 4) is 5.75 Å². The van der Waals surface area contributed by atoms with Crippen molar-refractivity contribution in [2.24, 2.45) is 11.7 Å². The number of carbonyl (C=O) groups excluding carboxylic acids is 3. The highest BCUT2D eigenvalue weighted by Crippen LogP contribution is 2.41. The number of piperidine rings is 1. The first-order valence-corrected chi connectivity index (χ1v) is 11.1. The second kappa shape index (κ2) is 9.79. The summed E-state index contributed by atoms with van der Waals surface area (Å²) < 4.78 is 5.29. The molecule has 0 radical (unpaired) electrons. The number of methoxy groups -OCH3 is 1. The molecule has 0 unspecified atom stereocenters. The summed E-state index contributed by atoms with van der Waals surface area (Å²) in [5, 5.41) is 2.94. The van der Waals surface area contributed by atoms with Gasteiger partial charge in [0.2, 0.25) is 17.7 Å². The maximum atomic E-state index is 13.5. The molecule has 174 valence electrons. The van der Waals surface area contributed by atoms with E-state index in [1.54, 1.807) is 36.3 Å². The fourth-order valence-corrected chi connectivity index (χ4v) is 4.31. The number of rotatable bonds is 6. The predicted octanol–water partition coefficient (Wildman–Crippen LogP) is 4.23. The number of benzene rings is 3. The summed E-state index contributed by atoms with van der Waals surface area (Å²) in [4.78, 5) is 39.7. The first kappa shape index (κ1) is 23.0. The van der Waals surface area contributed by atoms with E-state index in [0.717, 1.165) is 16.8 Å². The molecule has 3 amide bonds. The van der Waals surface area contributed by atoms with Gasteiger partial charge >= 0.3 is 0 Å². The zero-order valence-electron chi connectivity index (χ0n) is 19.2. The van der Waals surface area contributed by atoms with Crippen LogP contribution in [-0.2, 0) is 9.59 Å². The molecule has 1 aliphatic heterocycles. The lowest BCUT2D eigenvalue weighted by atomic mass is 9.83. The molecule has 0 spiro atoms. The zero-order chi connectivity index (χ0) is 24.2. The van der Waals surface area contributed by atoms with Gasteiger partial charge in [0.25, 0.3) is 0 Å². The lowest BCUT2D eigenvalue weighted by Crippen LogP contribution is -2.47. The number of primary amides is 1. The maximum absolute atomic E-state index is 13.5. The largest absolute Gasteiger partial charge is 0.497 e. The van der Waals surface area contributed by atoms with Gasteiger partial charge in [-0.3, -0.25) is 14.4 Å². The summed E-state index contributed by atoms with van der Waals surface area (Å²) in [6, 6.07) is 21.1. The van der Waals surface area contributed by atoms with Crippen LogP contribution in [0.4, 0.5) is 11.4 Å². The van der Waals surface area contributed by atoms with Gasteiger partial charge in [-0.15, -0.1) is 0 Å². The second-order valence-electron chi connectivity index (χ2n) is 8.39. The highest BCUT2D eigenvalue weighted by molar-refractivity contribution is 6.00. The van der Waals surface area contributed by atoms with Crippen LogP contribution in [0.5, 0.6) is 5.75 Å². The van der Waals surface area contributed by atoms with Crippen LogP contribution in [0.15, 0.2) is 72.8 Å². The molecule has 1 saturated heterocycles. The minimum atomic E-state index is -0.531. The van der Waals surface area contributed by atoms with Gasteiger partial charge in [0.15, 0.2) is 0 Å². The number of nitrogens with zero attached hydrogens (tertiary/aromatic N) is 1. The molecular weight excluding hydrogens is 430 g/mol. The van der Waals surface area contributed by atoms with Crippen molar-refractivity contribution in [1.29, 1.82) is 0 Å². The van der Waals surface area contributed by atoms with Crippen LogP contribution in [0, 0.1) is 12.8 Å². The zero-order valence-corrected chi connectivity index (χ0v) is 19.2. The number of nitrogens with two attached hydrogens (primary N) is 1. The van der Waals surface area contributed by atoms with E-state index in [1.165, 1.54) is 0 Å². The summed E-state index contributed by atoms with van der Waals surface area (Å²) >= 11 is 0. The van der Waals surface area contributed by atoms with Crippen LogP contribution in [0.1, 0.15) is 40.4 Å². The molecule has 1 aliphatic rings. The number of carbonyl (C=O) groups is 3. The molecule has 2 atom stereocenters. The van der Waals surface area contributed by atoms with E-state index in [9.17, 15) is 14.4 Å². The van der Waals surface area contributed by atoms with Crippen LogP contribution in [0.2, 0.25) is 0 Å². The number of ether oxygens (including phenoxy) is 1. The topological polar surface area (TPSA) is 102 Å². The highest BCUT2D eigenvalue weighted by atomic mass is 16.5. The Kier molecular flexibility index (Phi) is 6.63. The average Bonchev–Trinajstić information content (AvgIpc) is 2.85. The van der Waals surface area contributed by atoms with Crippen LogP contribution in [-0.4, -0.2) is 24.8 Å². The van der Waals surface area contributed by atoms with Crippen molar-refractivity contribution in [3.05, 3.63) is 89.5 Å². The van der Waals surface area contributed by atoms with E-state index in [2.05, 4.69) is 5.32 Å². The van der Waals surface area contributed by atoms with Crippen molar-refractivity contribution < 1.29 is 19.1 Å². The summed E-state index contributed by atoms with van der Waals surface area (Å²) in [5.41, 5.74) is 8.91. The first-order valence-electron chi connectivity index (χ1n) is 11.1. The molecule has 0 aromatic heterocycles. The van der Waals surface area contributed by atoms with E-state index in [-0.39, 0.29) is 18.2 Å². The van der Waals surface area contributed by atoms with Gasteiger partial charge in [0.1, 0.15) is 5.75 Å². The van der Waals surface area contributed by atoms with Crippen molar-refractivity contribution in [2.45, 2.75) is 25.8 Å². The normalized spacial score (nSPS) is 17.8. The Bertz CT molecular complexity index is 1190. The minimum Gasteiger partial charge on any atom is -0.497 e. The Morgan fingerprint density at radius 3 is 2.21 bits per heavy atom. The minimum absolute atomic E-state index is 0.0282. The summed E-state index contributed by atoms with van der Waals surface area (Å²) in [6.07, 6.45) is 0.683. The molecule has 4 rings (SSSR count). The van der Waals surface area contributed by atoms with Gasteiger partial charge in [-0.1, -0.05) is 29.8 Å². The number of anilines is 2. The number of hydrogen-bond donors (Lipinski definition) is 2. The molecule has 3 aromatic carbocycles. The van der Waals surface area contributed by atoms with Crippen LogP contribution in [0.25, 0.3) is 0 Å². The van der Waals surface area contributed by atoms with Crippen molar-refractivity contribution >= 4 is 29.1 Å². The molecule has 1 heterocycles. The van der Waals surface area contributed by atoms with Crippen molar-refractivity contribution in [1.82, 2.24) is 0 Å². The van der Waals surface area contributed by atoms with E-state index in [4.69, 9.17) is 10.5 Å². The third kappa shape index (κ3) is 4.78. The van der Waals surface area contributed by atoms with E-state index >= 15 is 0 Å². The molecule has 3 aromatic rings. The molecule has 3 N–H and O–H groups in total. The number of hydrogen-bond acceptors (Lipinski definition) is 4. The van der Waals surface area contributed by atoms with Gasteiger partial charge in [-0.25, -0.2) is 0 Å². The Hall–Kier alpha value is -4.13. The average molecular weight is 458 g/mol. The van der Waals surface area contributed by atoms with E-state index in [1.807, 2.05) is 55.5 Å². The van der Waals surface area contributed by atoms with E-state index < -0.39 is 17.9 Å². The van der Waals surface area contributed by atoms with Crippen LogP contribution < -0.4 is 20.7 Å². The van der Waals surface area contributed by atoms with Gasteiger partial charge in [-0.05, 0) is 67.4 Å². The fourth-order valence-electron chi connectivity index (χ4n) is 4.31. The third-order valence-electron chi connectivity index (χ3n) is 6.14. The Morgan fingerprint density at radius 2 is 1.62 bits per heavy atom. The quantitative estimate of drug-likeness (QED) is 0.578. The smallest absolute Gasteiger partial charge is 0.248 e. The number of nitrogens with one attached hydrogen (secondary N) is 1. The monoisotopic (exact) mass is 457 g/mol. The fraction of sp³-hybridized carbons (Fsp3) is 0.222. The molecule has 0 bridgehead atoms. The number of amides is 3. The highest BCUT2D eigenvalue weighted by Gasteiger charge is 2.41. The van der Waals surface area contributed by atoms with Gasteiger partial charge in [-0.2, -0.15) is 0 Å². The maximum Gasteiger partial charge on any atom is 0.248 e. The first-order chi connectivity index (χ1) is 16.4. The van der Waals surface area contributed by atoms with Crippen LogP contribution in [0.3, 0.4) is 0 Å². The SMILES string of the molecule is COc1ccc([C@H]2[C@@H](C(=O)Nc3ccc(C(N)=O)cc3)CCC(=O)N2c2ccc(C)cc2)cc1. The van der Waals surface area contributed by atoms with E-state index in [0.29, 0.717) is 23.4 Å². The summed E-state index contributed by atoms with van der Waals surface area (Å²) in [7, 11) is 1.59. The van der Waals surface area contributed by atoms with Gasteiger partial charge < -0.3 is 20.7 Å². The Labute approximate surface area is 198 Å². The molecule has 7 heteroatoms. The van der Waals surface area contributed by atoms with Gasteiger partial charge in [0.05, 0.1) is 19.1 Å². The lowest BCUT2D eigenvalue weighted by molar-refractivity contribution is -0.125. The molecule has 0 aliphatic carbocycles. The summed E-state index contributed by atoms with van der Waals surface area (Å²) in [5.74, 6) is -0.541. The van der Waals surface area contributed by atoms with Crippen molar-refractivity contribution in [2.75, 3.05) is 17.3 Å². The molecular formula is C27H27N3O4. The lowest BCUT2D eigenvalue weighted by Gasteiger charge is -2.41. The summed E-state index contributed by atoms with van der Waals surface area (Å²) in [6.45, 7) is 1.99. The second-order valence-corrected chi connectivity index (χ2v) is 8.39. The Balaban J connectivity index is 1.69. The van der Waals surface area contributed by atoms with Crippen LogP contribution >= 0.6 is 0 Å². The third-order valence-corrected chi connectivity index (χ3v) is 6.14. The predicted molar refractivity (Wildman–Crippen MR) is 131 cm³/mol. The van der Waals surface area contributed by atoms with Gasteiger partial charge in [0, 0.05) is 23.4 Å². The van der Waals surface area contributed by atoms with Crippen molar-refractivity contribution in [3.63, 3.8) is 0 Å². The molecule has 0 saturated carbocycles.